The molecule has 21 heavy (non-hydrogen) atoms. The zero-order valence-electron chi connectivity index (χ0n) is 12.0. The van der Waals surface area contributed by atoms with Crippen molar-refractivity contribution in [2.24, 2.45) is 5.84 Å². The minimum atomic E-state index is -0.417. The van der Waals surface area contributed by atoms with Crippen LogP contribution in [0, 0.1) is 6.92 Å². The first-order chi connectivity index (χ1) is 9.99. The number of hydrazine groups is 1. The van der Waals surface area contributed by atoms with E-state index in [1.54, 1.807) is 6.07 Å². The molecular formula is C15H18BrN3O2. The van der Waals surface area contributed by atoms with Crippen LogP contribution < -0.4 is 11.3 Å². The Bertz CT molecular complexity index is 622. The molecule has 6 heteroatoms. The average Bonchev–Trinajstić information content (AvgIpc) is 2.82. The molecule has 0 bridgehead atoms. The normalized spacial score (nSPS) is 10.9. The summed E-state index contributed by atoms with van der Waals surface area (Å²) >= 11 is 3.42. The molecule has 1 heterocycles. The lowest BCUT2D eigenvalue weighted by atomic mass is 10.2. The van der Waals surface area contributed by atoms with Gasteiger partial charge in [-0.05, 0) is 37.7 Å². The van der Waals surface area contributed by atoms with Crippen LogP contribution >= 0.6 is 15.9 Å². The molecule has 2 aromatic rings. The van der Waals surface area contributed by atoms with Crippen molar-refractivity contribution < 1.29 is 9.21 Å². The Hall–Kier alpha value is -1.63. The van der Waals surface area contributed by atoms with Crippen LogP contribution in [-0.2, 0) is 13.1 Å². The Morgan fingerprint density at radius 1 is 1.33 bits per heavy atom. The number of hydrogen-bond acceptors (Lipinski definition) is 4. The first kappa shape index (κ1) is 15.8. The summed E-state index contributed by atoms with van der Waals surface area (Å²) in [5.41, 5.74) is 4.27. The predicted octanol–water partition coefficient (Wildman–Crippen LogP) is 2.59. The number of carbonyl (C=O) groups is 1. The van der Waals surface area contributed by atoms with Crippen molar-refractivity contribution in [2.45, 2.75) is 20.0 Å². The molecule has 5 nitrogen and oxygen atoms in total. The monoisotopic (exact) mass is 351 g/mol. The Morgan fingerprint density at radius 2 is 2.00 bits per heavy atom. The lowest BCUT2D eigenvalue weighted by Crippen LogP contribution is -2.29. The van der Waals surface area contributed by atoms with Gasteiger partial charge in [0.1, 0.15) is 5.76 Å². The molecule has 2 rings (SSSR count). The van der Waals surface area contributed by atoms with Gasteiger partial charge in [0.25, 0.3) is 0 Å². The molecule has 0 saturated heterocycles. The molecule has 0 unspecified atom stereocenters. The van der Waals surface area contributed by atoms with Crippen molar-refractivity contribution in [3.63, 3.8) is 0 Å². The Morgan fingerprint density at radius 3 is 2.62 bits per heavy atom. The number of rotatable bonds is 5. The number of halogens is 1. The molecule has 0 fully saturated rings. The summed E-state index contributed by atoms with van der Waals surface area (Å²) in [6.45, 7) is 3.36. The fraction of sp³-hybridized carbons (Fsp3) is 0.267. The minimum Gasteiger partial charge on any atom is -0.456 e. The average molecular weight is 352 g/mol. The number of nitrogen functional groups attached to an aromatic ring is 1. The van der Waals surface area contributed by atoms with Crippen molar-refractivity contribution in [2.75, 3.05) is 7.05 Å². The van der Waals surface area contributed by atoms with Crippen molar-refractivity contribution >= 4 is 21.8 Å². The van der Waals surface area contributed by atoms with Gasteiger partial charge in [0.05, 0.1) is 0 Å². The van der Waals surface area contributed by atoms with Gasteiger partial charge in [0.2, 0.25) is 0 Å². The zero-order valence-corrected chi connectivity index (χ0v) is 13.6. The number of aryl methyl sites for hydroxylation is 1. The van der Waals surface area contributed by atoms with Gasteiger partial charge in [-0.1, -0.05) is 28.1 Å². The molecule has 0 aliphatic rings. The number of amides is 1. The molecule has 0 atom stereocenters. The van der Waals surface area contributed by atoms with Gasteiger partial charge in [-0.3, -0.25) is 15.1 Å². The number of hydrogen-bond donors (Lipinski definition) is 2. The number of nitrogens with one attached hydrogen (secondary N) is 1. The van der Waals surface area contributed by atoms with Crippen LogP contribution in [0.25, 0.3) is 0 Å². The summed E-state index contributed by atoms with van der Waals surface area (Å²) in [6.07, 6.45) is 0. The van der Waals surface area contributed by atoms with Gasteiger partial charge in [-0.15, -0.1) is 0 Å². The number of carbonyl (C=O) groups excluding carboxylic acids is 1. The summed E-state index contributed by atoms with van der Waals surface area (Å²) in [5, 5.41) is 0. The van der Waals surface area contributed by atoms with Crippen LogP contribution in [0.1, 0.15) is 27.4 Å². The number of furan rings is 1. The third kappa shape index (κ3) is 4.17. The van der Waals surface area contributed by atoms with E-state index in [4.69, 9.17) is 10.3 Å². The second kappa shape index (κ2) is 6.89. The van der Waals surface area contributed by atoms with E-state index >= 15 is 0 Å². The number of benzene rings is 1. The molecule has 0 aliphatic heterocycles. The molecule has 1 aromatic carbocycles. The van der Waals surface area contributed by atoms with Crippen LogP contribution in [-0.4, -0.2) is 17.9 Å². The first-order valence-corrected chi connectivity index (χ1v) is 7.32. The summed E-state index contributed by atoms with van der Waals surface area (Å²) in [7, 11) is 2.02. The van der Waals surface area contributed by atoms with Crippen LogP contribution in [0.4, 0.5) is 0 Å². The van der Waals surface area contributed by atoms with Crippen molar-refractivity contribution in [3.8, 4) is 0 Å². The van der Waals surface area contributed by atoms with E-state index in [-0.39, 0.29) is 5.76 Å². The molecule has 1 amide bonds. The summed E-state index contributed by atoms with van der Waals surface area (Å²) < 4.78 is 6.48. The third-order valence-corrected chi connectivity index (χ3v) is 3.71. The highest BCUT2D eigenvalue weighted by Crippen LogP contribution is 2.18. The Balaban J connectivity index is 2.02. The molecule has 112 valence electrons. The first-order valence-electron chi connectivity index (χ1n) is 6.53. The standard InChI is InChI=1S/C15H18BrN3O2/c1-10-12(7-14(21-10)15(20)18-17)9-19(2)8-11-3-5-13(16)6-4-11/h3-7H,8-9,17H2,1-2H3,(H,18,20). The van der Waals surface area contributed by atoms with E-state index in [1.807, 2.05) is 26.1 Å². The molecular weight excluding hydrogens is 334 g/mol. The summed E-state index contributed by atoms with van der Waals surface area (Å²) in [6, 6.07) is 9.94. The Labute approximate surface area is 132 Å². The fourth-order valence-electron chi connectivity index (χ4n) is 2.11. The fourth-order valence-corrected chi connectivity index (χ4v) is 2.37. The van der Waals surface area contributed by atoms with Gasteiger partial charge >= 0.3 is 5.91 Å². The van der Waals surface area contributed by atoms with E-state index in [0.717, 1.165) is 22.3 Å². The molecule has 0 spiro atoms. The maximum Gasteiger partial charge on any atom is 0.300 e. The molecule has 0 saturated carbocycles. The van der Waals surface area contributed by atoms with E-state index in [2.05, 4.69) is 38.4 Å². The van der Waals surface area contributed by atoms with Crippen LogP contribution in [0.5, 0.6) is 0 Å². The van der Waals surface area contributed by atoms with Crippen molar-refractivity contribution in [1.29, 1.82) is 0 Å². The van der Waals surface area contributed by atoms with Gasteiger partial charge in [0, 0.05) is 23.1 Å². The highest BCUT2D eigenvalue weighted by atomic mass is 79.9. The van der Waals surface area contributed by atoms with Gasteiger partial charge < -0.3 is 4.42 Å². The largest absolute Gasteiger partial charge is 0.456 e. The quantitative estimate of drug-likeness (QED) is 0.493. The Kier molecular flexibility index (Phi) is 5.17. The number of nitrogens with zero attached hydrogens (tertiary/aromatic N) is 1. The third-order valence-electron chi connectivity index (χ3n) is 3.18. The van der Waals surface area contributed by atoms with Gasteiger partial charge in [-0.25, -0.2) is 5.84 Å². The molecule has 1 aromatic heterocycles. The van der Waals surface area contributed by atoms with Crippen LogP contribution in [0.15, 0.2) is 39.2 Å². The van der Waals surface area contributed by atoms with Crippen LogP contribution in [0.2, 0.25) is 0 Å². The SMILES string of the molecule is Cc1oc(C(=O)NN)cc1CN(C)Cc1ccc(Br)cc1. The second-order valence-electron chi connectivity index (χ2n) is 4.96. The zero-order chi connectivity index (χ0) is 15.4. The maximum atomic E-state index is 11.4. The smallest absolute Gasteiger partial charge is 0.300 e. The molecule has 0 aliphatic carbocycles. The van der Waals surface area contributed by atoms with Gasteiger partial charge in [0.15, 0.2) is 5.76 Å². The molecule has 3 N–H and O–H groups in total. The molecule has 0 radical (unpaired) electrons. The number of nitrogens with two attached hydrogens (primary N) is 1. The van der Waals surface area contributed by atoms with Crippen molar-refractivity contribution in [3.05, 3.63) is 57.5 Å². The van der Waals surface area contributed by atoms with E-state index in [1.165, 1.54) is 5.56 Å². The highest BCUT2D eigenvalue weighted by molar-refractivity contribution is 9.10. The topological polar surface area (TPSA) is 71.5 Å². The van der Waals surface area contributed by atoms with E-state index < -0.39 is 5.91 Å². The lowest BCUT2D eigenvalue weighted by Gasteiger charge is -2.16. The van der Waals surface area contributed by atoms with Crippen molar-refractivity contribution in [1.82, 2.24) is 10.3 Å². The highest BCUT2D eigenvalue weighted by Gasteiger charge is 2.14. The lowest BCUT2D eigenvalue weighted by molar-refractivity contribution is 0.0924. The van der Waals surface area contributed by atoms with Crippen LogP contribution in [0.3, 0.4) is 0 Å². The van der Waals surface area contributed by atoms with E-state index in [0.29, 0.717) is 6.54 Å². The summed E-state index contributed by atoms with van der Waals surface area (Å²) in [4.78, 5) is 13.6. The minimum absolute atomic E-state index is 0.238. The van der Waals surface area contributed by atoms with Gasteiger partial charge in [-0.2, -0.15) is 0 Å². The second-order valence-corrected chi connectivity index (χ2v) is 5.88. The van der Waals surface area contributed by atoms with E-state index in [9.17, 15) is 4.79 Å². The predicted molar refractivity (Wildman–Crippen MR) is 84.4 cm³/mol. The summed E-state index contributed by atoms with van der Waals surface area (Å²) in [5.74, 6) is 5.66. The maximum absolute atomic E-state index is 11.4.